The van der Waals surface area contributed by atoms with E-state index in [2.05, 4.69) is 0 Å². The normalized spacial score (nSPS) is 18.1. The van der Waals surface area contributed by atoms with Gasteiger partial charge in [-0.05, 0) is 5.56 Å². The number of carboxylic acids is 1. The molecule has 0 amide bonds. The van der Waals surface area contributed by atoms with E-state index in [4.69, 9.17) is 9.84 Å². The fourth-order valence-corrected chi connectivity index (χ4v) is 2.56. The van der Waals surface area contributed by atoms with Crippen molar-refractivity contribution in [1.29, 1.82) is 0 Å². The maximum Gasteiger partial charge on any atom is 0.321 e. The van der Waals surface area contributed by atoms with E-state index in [1.165, 1.54) is 11.8 Å². The van der Waals surface area contributed by atoms with Gasteiger partial charge in [0, 0.05) is 0 Å². The van der Waals surface area contributed by atoms with Crippen LogP contribution in [0.2, 0.25) is 0 Å². The van der Waals surface area contributed by atoms with Crippen LogP contribution >= 0.6 is 11.8 Å². The van der Waals surface area contributed by atoms with Gasteiger partial charge in [-0.2, -0.15) is 0 Å². The number of benzene rings is 1. The molecule has 0 aromatic heterocycles. The Kier molecular flexibility index (Phi) is 3.28. The van der Waals surface area contributed by atoms with Crippen LogP contribution in [0, 0.1) is 0 Å². The smallest absolute Gasteiger partial charge is 0.321 e. The molecule has 0 radical (unpaired) electrons. The van der Waals surface area contributed by atoms with Gasteiger partial charge in [0.05, 0.1) is 18.5 Å². The van der Waals surface area contributed by atoms with Crippen molar-refractivity contribution in [3.8, 4) is 0 Å². The van der Waals surface area contributed by atoms with Gasteiger partial charge in [-0.3, -0.25) is 4.79 Å². The number of hydrogen-bond donors (Lipinski definition) is 1. The van der Waals surface area contributed by atoms with Crippen LogP contribution in [0.1, 0.15) is 10.8 Å². The summed E-state index contributed by atoms with van der Waals surface area (Å²) in [5.74, 6) is -0.780. The highest BCUT2D eigenvalue weighted by atomic mass is 32.2. The second kappa shape index (κ2) is 4.68. The fourth-order valence-electron chi connectivity index (χ4n) is 1.39. The minimum absolute atomic E-state index is 0.325. The van der Waals surface area contributed by atoms with E-state index >= 15 is 0 Å². The molecular weight excluding hydrogens is 212 g/mol. The van der Waals surface area contributed by atoms with Crippen LogP contribution in [0.3, 0.4) is 0 Å². The van der Waals surface area contributed by atoms with Gasteiger partial charge >= 0.3 is 5.97 Å². The summed E-state index contributed by atoms with van der Waals surface area (Å²) in [7, 11) is 0. The first-order valence-electron chi connectivity index (χ1n) is 4.78. The highest BCUT2D eigenvalue weighted by Gasteiger charge is 2.28. The summed E-state index contributed by atoms with van der Waals surface area (Å²) in [6.45, 7) is 1.34. The number of aliphatic carboxylic acids is 1. The number of carboxylic acid groups (broad SMARTS) is 1. The average Bonchev–Trinajstić information content (AvgIpc) is 2.17. The van der Waals surface area contributed by atoms with Crippen molar-refractivity contribution in [2.75, 3.05) is 13.2 Å². The van der Waals surface area contributed by atoms with E-state index in [9.17, 15) is 4.79 Å². The molecule has 1 saturated heterocycles. The maximum atomic E-state index is 11.1. The predicted molar refractivity (Wildman–Crippen MR) is 59.0 cm³/mol. The molecule has 2 rings (SSSR count). The van der Waals surface area contributed by atoms with Crippen LogP contribution in [-0.4, -0.2) is 29.5 Å². The van der Waals surface area contributed by atoms with Gasteiger partial charge in [-0.1, -0.05) is 30.3 Å². The maximum absolute atomic E-state index is 11.1. The molecule has 1 heterocycles. The molecule has 0 saturated carbocycles. The van der Waals surface area contributed by atoms with Crippen molar-refractivity contribution in [2.24, 2.45) is 0 Å². The molecule has 0 spiro atoms. The summed E-state index contributed by atoms with van der Waals surface area (Å²) >= 11 is 1.47. The van der Waals surface area contributed by atoms with E-state index in [0.717, 1.165) is 5.56 Å². The first-order valence-corrected chi connectivity index (χ1v) is 5.72. The molecule has 0 bridgehead atoms. The number of ether oxygens (including phenoxy) is 1. The first-order chi connectivity index (χ1) is 7.27. The van der Waals surface area contributed by atoms with Crippen LogP contribution in [0.4, 0.5) is 0 Å². The zero-order chi connectivity index (χ0) is 10.7. The summed E-state index contributed by atoms with van der Waals surface area (Å²) < 4.78 is 5.04. The number of carbonyl (C=O) groups is 1. The predicted octanol–water partition coefficient (Wildman–Crippen LogP) is 1.94. The van der Waals surface area contributed by atoms with Crippen molar-refractivity contribution in [2.45, 2.75) is 10.5 Å². The molecule has 1 aliphatic rings. The molecule has 1 aromatic rings. The molecule has 3 nitrogen and oxygen atoms in total. The Morgan fingerprint density at radius 2 is 2.07 bits per heavy atom. The molecule has 4 heteroatoms. The van der Waals surface area contributed by atoms with Crippen molar-refractivity contribution in [3.05, 3.63) is 35.9 Å². The molecule has 80 valence electrons. The highest BCUT2D eigenvalue weighted by molar-refractivity contribution is 8.00. The summed E-state index contributed by atoms with van der Waals surface area (Å²) in [5, 5.41) is 8.99. The Morgan fingerprint density at radius 3 is 2.53 bits per heavy atom. The topological polar surface area (TPSA) is 46.5 Å². The average molecular weight is 224 g/mol. The van der Waals surface area contributed by atoms with Gasteiger partial charge in [0.15, 0.2) is 0 Å². The lowest BCUT2D eigenvalue weighted by molar-refractivity contribution is -0.136. The molecule has 1 atom stereocenters. The molecular formula is C11H12O3S. The van der Waals surface area contributed by atoms with E-state index in [1.807, 2.05) is 30.3 Å². The molecule has 0 aliphatic carbocycles. The quantitative estimate of drug-likeness (QED) is 0.849. The lowest BCUT2D eigenvalue weighted by Crippen LogP contribution is -2.32. The van der Waals surface area contributed by atoms with Crippen LogP contribution in [-0.2, 0) is 9.53 Å². The Hall–Kier alpha value is -1.00. The van der Waals surface area contributed by atoms with E-state index in [0.29, 0.717) is 18.5 Å². The Balaban J connectivity index is 2.08. The van der Waals surface area contributed by atoms with Crippen LogP contribution in [0.25, 0.3) is 0 Å². The van der Waals surface area contributed by atoms with Gasteiger partial charge < -0.3 is 9.84 Å². The molecule has 1 N–H and O–H groups in total. The van der Waals surface area contributed by atoms with Gasteiger partial charge in [0.25, 0.3) is 0 Å². The number of hydrogen-bond acceptors (Lipinski definition) is 3. The molecule has 1 fully saturated rings. The Morgan fingerprint density at radius 1 is 1.40 bits per heavy atom. The van der Waals surface area contributed by atoms with Gasteiger partial charge in [-0.25, -0.2) is 0 Å². The van der Waals surface area contributed by atoms with Crippen molar-refractivity contribution >= 4 is 17.7 Å². The minimum atomic E-state index is -0.780. The molecule has 1 aromatic carbocycles. The van der Waals surface area contributed by atoms with Gasteiger partial charge in [0.2, 0.25) is 0 Å². The standard InChI is InChI=1S/C11H12O3S/c12-11(13)10(15-9-6-14-7-9)8-4-2-1-3-5-8/h1-5,9-10H,6-7H2,(H,12,13). The third-order valence-corrected chi connectivity index (χ3v) is 3.67. The Bertz CT molecular complexity index is 335. The van der Waals surface area contributed by atoms with Crippen LogP contribution in [0.15, 0.2) is 30.3 Å². The highest BCUT2D eigenvalue weighted by Crippen LogP contribution is 2.35. The second-order valence-electron chi connectivity index (χ2n) is 3.42. The number of rotatable bonds is 4. The van der Waals surface area contributed by atoms with Crippen molar-refractivity contribution in [1.82, 2.24) is 0 Å². The lowest BCUT2D eigenvalue weighted by atomic mass is 10.1. The summed E-state index contributed by atoms with van der Waals surface area (Å²) in [5.41, 5.74) is 0.849. The largest absolute Gasteiger partial charge is 0.480 e. The van der Waals surface area contributed by atoms with E-state index in [-0.39, 0.29) is 0 Å². The third-order valence-electron chi connectivity index (χ3n) is 2.26. The third kappa shape index (κ3) is 2.52. The lowest BCUT2D eigenvalue weighted by Gasteiger charge is -2.27. The number of thioether (sulfide) groups is 1. The van der Waals surface area contributed by atoms with Crippen molar-refractivity contribution < 1.29 is 14.6 Å². The van der Waals surface area contributed by atoms with Gasteiger partial charge in [-0.15, -0.1) is 11.8 Å². The second-order valence-corrected chi connectivity index (χ2v) is 4.83. The first kappa shape index (κ1) is 10.5. The molecule has 1 aliphatic heterocycles. The zero-order valence-electron chi connectivity index (χ0n) is 8.13. The summed E-state index contributed by atoms with van der Waals surface area (Å²) in [6, 6.07) is 9.32. The molecule has 15 heavy (non-hydrogen) atoms. The Labute approximate surface area is 92.4 Å². The van der Waals surface area contributed by atoms with Crippen LogP contribution < -0.4 is 0 Å². The fraction of sp³-hybridized carbons (Fsp3) is 0.364. The summed E-state index contributed by atoms with van der Waals surface area (Å²) in [4.78, 5) is 11.1. The monoisotopic (exact) mass is 224 g/mol. The van der Waals surface area contributed by atoms with E-state index in [1.54, 1.807) is 0 Å². The summed E-state index contributed by atoms with van der Waals surface area (Å²) in [6.07, 6.45) is 0. The zero-order valence-corrected chi connectivity index (χ0v) is 8.94. The van der Waals surface area contributed by atoms with Crippen LogP contribution in [0.5, 0.6) is 0 Å². The van der Waals surface area contributed by atoms with Crippen molar-refractivity contribution in [3.63, 3.8) is 0 Å². The van der Waals surface area contributed by atoms with Gasteiger partial charge in [0.1, 0.15) is 5.25 Å². The SMILES string of the molecule is O=C(O)C(SC1COC1)c1ccccc1. The minimum Gasteiger partial charge on any atom is -0.480 e. The molecule has 1 unspecified atom stereocenters. The van der Waals surface area contributed by atoms with E-state index < -0.39 is 11.2 Å².